The third-order valence-electron chi connectivity index (χ3n) is 22.2. The maximum Gasteiger partial charge on any atom is 0.224 e. The van der Waals surface area contributed by atoms with Gasteiger partial charge in [-0.2, -0.15) is 0 Å². The molecule has 10 rings (SSSR count). The van der Waals surface area contributed by atoms with Crippen molar-refractivity contribution < 1.29 is 62.0 Å². The molecule has 0 aromatic rings. The first-order valence-electron chi connectivity index (χ1n) is 42.5. The normalized spacial score (nSPS) is 21.9. The van der Waals surface area contributed by atoms with Gasteiger partial charge in [-0.15, -0.1) is 0 Å². The summed E-state index contributed by atoms with van der Waals surface area (Å²) in [6.07, 6.45) is 44.3. The predicted octanol–water partition coefficient (Wildman–Crippen LogP) is 11.8. The average Bonchev–Trinajstić information content (AvgIpc) is 1.51. The summed E-state index contributed by atoms with van der Waals surface area (Å²) in [5.41, 5.74) is 0. The van der Waals surface area contributed by atoms with E-state index in [9.17, 15) is 38.4 Å². The van der Waals surface area contributed by atoms with Gasteiger partial charge in [-0.1, -0.05) is 51.4 Å². The molecule has 10 heterocycles. The van der Waals surface area contributed by atoms with Crippen LogP contribution >= 0.6 is 0 Å². The zero-order valence-corrected chi connectivity index (χ0v) is 65.7. The number of carbonyl (C=O) groups is 8. The van der Waals surface area contributed by atoms with Crippen molar-refractivity contribution in [3.05, 3.63) is 0 Å². The highest BCUT2D eigenvalue weighted by Crippen LogP contribution is 2.21. The molecule has 0 radical (unpaired) electrons. The van der Waals surface area contributed by atoms with Crippen LogP contribution in [0.1, 0.15) is 290 Å². The molecule has 0 bridgehead atoms. The Kier molecular flexibility index (Phi) is 47.4. The van der Waals surface area contributed by atoms with Crippen LogP contribution in [-0.2, 0) is 62.0 Å². The Balaban J connectivity index is 0.000000205. The molecule has 2 atom stereocenters. The van der Waals surface area contributed by atoms with E-state index in [1.54, 1.807) is 4.90 Å². The van der Waals surface area contributed by atoms with Crippen LogP contribution in [0.4, 0.5) is 0 Å². The van der Waals surface area contributed by atoms with E-state index in [4.69, 9.17) is 23.7 Å². The van der Waals surface area contributed by atoms with Crippen LogP contribution in [0.3, 0.4) is 0 Å². The number of amides is 8. The van der Waals surface area contributed by atoms with Gasteiger partial charge in [0.25, 0.3) is 0 Å². The van der Waals surface area contributed by atoms with Crippen LogP contribution < -0.4 is 0 Å². The number of rotatable bonds is 33. The molecule has 598 valence electrons. The van der Waals surface area contributed by atoms with E-state index in [-0.39, 0.29) is 29.9 Å². The van der Waals surface area contributed by atoms with Crippen LogP contribution in [0.25, 0.3) is 0 Å². The molecule has 10 aliphatic heterocycles. The van der Waals surface area contributed by atoms with Crippen LogP contribution in [0, 0.1) is 0 Å². The number of carbonyl (C=O) groups excluding carboxylic acids is 8. The average molecular weight is 1470 g/mol. The first-order chi connectivity index (χ1) is 50.9. The molecule has 23 nitrogen and oxygen atoms in total. The van der Waals surface area contributed by atoms with E-state index in [2.05, 4.69) is 16.7 Å². The van der Waals surface area contributed by atoms with E-state index in [1.807, 2.05) is 41.2 Å². The van der Waals surface area contributed by atoms with Crippen molar-refractivity contribution >= 4 is 47.3 Å². The third kappa shape index (κ3) is 38.0. The molecular formula is C81H146N10O13. The Morgan fingerprint density at radius 1 is 0.240 bits per heavy atom. The fourth-order valence-electron chi connectivity index (χ4n) is 15.4. The van der Waals surface area contributed by atoms with Gasteiger partial charge in [0, 0.05) is 183 Å². The van der Waals surface area contributed by atoms with E-state index >= 15 is 0 Å². The predicted molar refractivity (Wildman–Crippen MR) is 408 cm³/mol. The van der Waals surface area contributed by atoms with Crippen LogP contribution in [0.5, 0.6) is 0 Å². The van der Waals surface area contributed by atoms with Crippen LogP contribution in [-0.4, -0.2) is 280 Å². The highest BCUT2D eigenvalue weighted by molar-refractivity contribution is 5.79. The summed E-state index contributed by atoms with van der Waals surface area (Å²) in [6.45, 7) is 26.5. The zero-order valence-electron chi connectivity index (χ0n) is 65.7. The minimum absolute atomic E-state index is 0.178. The van der Waals surface area contributed by atoms with Crippen molar-refractivity contribution in [2.24, 2.45) is 0 Å². The van der Waals surface area contributed by atoms with E-state index in [0.717, 1.165) is 311 Å². The standard InChI is InChI=1S/C19H34N2O3.C18H32N2O3.C17H30N2O3.C15H26N2O3.C12H24N2O/c22-18-10-3-1-5-12-20(18)14-7-8-16-24-17-9-15-21-13-6-2-4-11-19(21)23;21-17-9-3-1-5-11-19(17)13-7-8-15-23-16-14-20-12-6-2-4-10-18(20)22;20-16-9-3-1-5-11-18(16)12-7-8-14-22-15-19-13-6-2-4-10-17(19)21;1-13(17-11-7-3-5-9-15(17)19)20-12-16-10-6-2-4-8-14(16)18;1-12(14-8-4-5-9-14)15-11-10-13-6-2-3-7-13/h1-17H2;1-16H2;1-15H2;13H,2-12H2,1H3;12H,2-11H2,1H3. The number of likely N-dealkylation sites (tertiary alicyclic amines) is 10. The number of ether oxygens (including phenoxy) is 5. The Bertz CT molecular complexity index is 2260. The Hall–Kier alpha value is -4.52. The van der Waals surface area contributed by atoms with E-state index < -0.39 is 0 Å². The van der Waals surface area contributed by atoms with Crippen LogP contribution in [0.2, 0.25) is 0 Å². The quantitative estimate of drug-likeness (QED) is 0.0559. The summed E-state index contributed by atoms with van der Waals surface area (Å²) in [4.78, 5) is 115. The molecule has 0 aromatic heterocycles. The van der Waals surface area contributed by atoms with Gasteiger partial charge in [0.2, 0.25) is 47.3 Å². The molecule has 0 saturated carbocycles. The lowest BCUT2D eigenvalue weighted by atomic mass is 10.2. The zero-order chi connectivity index (χ0) is 73.9. The summed E-state index contributed by atoms with van der Waals surface area (Å²) < 4.78 is 28.7. The summed E-state index contributed by atoms with van der Waals surface area (Å²) in [5.74, 6) is 2.15. The van der Waals surface area contributed by atoms with E-state index in [1.165, 1.54) is 77.5 Å². The first kappa shape index (κ1) is 88.4. The SMILES string of the molecule is CC(OCCN1CCCC1)N1CCCC1.CC(OCN1CCCCCC1=O)N1CCCCCC1=O.O=C1CCCCCN1CCCCOCCCN1CCCCCC1=O.O=C1CCCCCN1CCCCOCCN1CCCCCC1=O.O=C1CCCCCN1CCCCOCN1CCCCCC1=O. The summed E-state index contributed by atoms with van der Waals surface area (Å²) in [5, 5.41) is 0. The van der Waals surface area contributed by atoms with Gasteiger partial charge in [0.15, 0.2) is 0 Å². The van der Waals surface area contributed by atoms with E-state index in [0.29, 0.717) is 88.6 Å². The lowest BCUT2D eigenvalue weighted by molar-refractivity contribution is -0.154. The van der Waals surface area contributed by atoms with Gasteiger partial charge in [-0.25, -0.2) is 0 Å². The Morgan fingerprint density at radius 3 is 0.971 bits per heavy atom. The van der Waals surface area contributed by atoms with Crippen molar-refractivity contribution in [1.29, 1.82) is 0 Å². The van der Waals surface area contributed by atoms with Crippen molar-refractivity contribution in [3.8, 4) is 0 Å². The van der Waals surface area contributed by atoms with Gasteiger partial charge in [0.1, 0.15) is 25.9 Å². The van der Waals surface area contributed by atoms with Crippen LogP contribution in [0.15, 0.2) is 0 Å². The summed E-state index contributed by atoms with van der Waals surface area (Å²) >= 11 is 0. The molecule has 23 heteroatoms. The monoisotopic (exact) mass is 1470 g/mol. The molecule has 2 unspecified atom stereocenters. The molecule has 8 amide bonds. The lowest BCUT2D eigenvalue weighted by Gasteiger charge is -2.30. The minimum Gasteiger partial charge on any atom is -0.381 e. The van der Waals surface area contributed by atoms with Gasteiger partial charge < -0.3 is 67.8 Å². The van der Waals surface area contributed by atoms with Gasteiger partial charge in [-0.05, 0) is 200 Å². The third-order valence-corrected chi connectivity index (χ3v) is 22.2. The van der Waals surface area contributed by atoms with Gasteiger partial charge >= 0.3 is 0 Å². The second kappa shape index (κ2) is 55.8. The smallest absolute Gasteiger partial charge is 0.224 e. The highest BCUT2D eigenvalue weighted by atomic mass is 16.5. The molecular weight excluding hydrogens is 1320 g/mol. The Labute approximate surface area is 628 Å². The van der Waals surface area contributed by atoms with Crippen molar-refractivity contribution in [2.45, 2.75) is 302 Å². The second-order valence-corrected chi connectivity index (χ2v) is 30.7. The molecule has 0 aliphatic carbocycles. The van der Waals surface area contributed by atoms with Crippen molar-refractivity contribution in [1.82, 2.24) is 49.0 Å². The molecule has 104 heavy (non-hydrogen) atoms. The summed E-state index contributed by atoms with van der Waals surface area (Å²) in [7, 11) is 0. The Morgan fingerprint density at radius 2 is 0.548 bits per heavy atom. The minimum atomic E-state index is -0.239. The fourth-order valence-corrected chi connectivity index (χ4v) is 15.4. The number of hydrogen-bond donors (Lipinski definition) is 0. The van der Waals surface area contributed by atoms with Gasteiger partial charge in [0.05, 0.1) is 13.2 Å². The molecule has 10 fully saturated rings. The maximum atomic E-state index is 12.0. The highest BCUT2D eigenvalue weighted by Gasteiger charge is 2.27. The number of nitrogens with zero attached hydrogens (tertiary/aromatic N) is 10. The van der Waals surface area contributed by atoms with Crippen molar-refractivity contribution in [3.63, 3.8) is 0 Å². The molecule has 0 N–H and O–H groups in total. The molecule has 10 aliphatic rings. The topological polar surface area (TPSA) is 215 Å². The largest absolute Gasteiger partial charge is 0.381 e. The lowest BCUT2D eigenvalue weighted by Crippen LogP contribution is -2.43. The maximum absolute atomic E-state index is 12.0. The molecule has 0 aromatic carbocycles. The molecule has 10 saturated heterocycles. The first-order valence-corrected chi connectivity index (χ1v) is 42.5. The second-order valence-electron chi connectivity index (χ2n) is 30.7. The summed E-state index contributed by atoms with van der Waals surface area (Å²) in [6, 6.07) is 0. The molecule has 0 spiro atoms. The number of hydrogen-bond acceptors (Lipinski definition) is 15. The fraction of sp³-hybridized carbons (Fsp3) is 0.901. The van der Waals surface area contributed by atoms with Crippen molar-refractivity contribution in [2.75, 3.05) is 171 Å². The number of unbranched alkanes of at least 4 members (excludes halogenated alkanes) is 3. The van der Waals surface area contributed by atoms with Gasteiger partial charge in [-0.3, -0.25) is 43.3 Å².